The van der Waals surface area contributed by atoms with E-state index in [-0.39, 0.29) is 38.6 Å². The van der Waals surface area contributed by atoms with Crippen LogP contribution in [0.15, 0.2) is 36.5 Å². The number of nitrogens with one attached hydrogen (secondary N) is 1. The number of β-amino-alcohol motifs (C(OH)–C–C–N with tert-alkyl or cyclic N) is 1. The molecule has 0 radical (unpaired) electrons. The molecule has 2 aromatic heterocycles. The van der Waals surface area contributed by atoms with Gasteiger partial charge in [0, 0.05) is 68.7 Å². The molecule has 1 saturated heterocycles. The van der Waals surface area contributed by atoms with Gasteiger partial charge in [-0.15, -0.1) is 0 Å². The van der Waals surface area contributed by atoms with E-state index >= 15 is 4.39 Å². The Morgan fingerprint density at radius 2 is 1.57 bits per heavy atom. The van der Waals surface area contributed by atoms with Gasteiger partial charge in [-0.2, -0.15) is 5.10 Å². The molecular formula is C42H67FN6O6Si3. The van der Waals surface area contributed by atoms with Crippen molar-refractivity contribution in [1.82, 2.24) is 29.5 Å². The number of fused-ring (bicyclic) bond motifs is 1. The van der Waals surface area contributed by atoms with Crippen molar-refractivity contribution in [2.24, 2.45) is 0 Å². The number of hydrogen-bond donors (Lipinski definition) is 2. The highest BCUT2D eigenvalue weighted by molar-refractivity contribution is 6.76. The van der Waals surface area contributed by atoms with E-state index in [9.17, 15) is 9.90 Å². The smallest absolute Gasteiger partial charge is 0.317 e. The minimum Gasteiger partial charge on any atom is -0.464 e. The zero-order valence-corrected chi connectivity index (χ0v) is 39.5. The lowest BCUT2D eigenvalue weighted by molar-refractivity contribution is 0.0197. The van der Waals surface area contributed by atoms with E-state index in [0.29, 0.717) is 63.0 Å². The van der Waals surface area contributed by atoms with Crippen LogP contribution in [0, 0.1) is 5.82 Å². The van der Waals surface area contributed by atoms with Crippen LogP contribution in [0.25, 0.3) is 33.5 Å². The van der Waals surface area contributed by atoms with Crippen molar-refractivity contribution in [1.29, 1.82) is 0 Å². The van der Waals surface area contributed by atoms with Crippen molar-refractivity contribution in [2.45, 2.75) is 123 Å². The average molecular weight is 855 g/mol. The zero-order valence-electron chi connectivity index (χ0n) is 36.5. The molecule has 2 N–H and O–H groups in total. The number of amides is 2. The normalized spacial score (nSPS) is 15.2. The summed E-state index contributed by atoms with van der Waals surface area (Å²) >= 11 is 0. The molecule has 0 bridgehead atoms. The zero-order chi connectivity index (χ0) is 42.3. The van der Waals surface area contributed by atoms with Crippen LogP contribution < -0.4 is 10.1 Å². The van der Waals surface area contributed by atoms with E-state index in [2.05, 4.69) is 71.2 Å². The van der Waals surface area contributed by atoms with Gasteiger partial charge in [0.15, 0.2) is 24.2 Å². The fraction of sp³-hybridized carbons (Fsp3) is 0.595. The van der Waals surface area contributed by atoms with E-state index in [0.717, 1.165) is 45.7 Å². The largest absolute Gasteiger partial charge is 0.464 e. The Bertz CT molecular complexity index is 1990. The minimum atomic E-state index is -1.33. The topological polar surface area (TPSA) is 125 Å². The lowest BCUT2D eigenvalue weighted by Crippen LogP contribution is -2.38. The number of nitrogens with zero attached hydrogens (tertiary/aromatic N) is 5. The number of aliphatic hydroxyl groups excluding tert-OH is 1. The van der Waals surface area contributed by atoms with Crippen molar-refractivity contribution in [3.63, 3.8) is 0 Å². The molecule has 58 heavy (non-hydrogen) atoms. The molecule has 1 aliphatic rings. The maximum atomic E-state index is 15.7. The number of ether oxygens (including phenoxy) is 4. The third-order valence-electron chi connectivity index (χ3n) is 10.2. The maximum absolute atomic E-state index is 15.7. The Kier molecular flexibility index (Phi) is 15.6. The Hall–Kier alpha value is -3.39. The predicted octanol–water partition coefficient (Wildman–Crippen LogP) is 8.86. The second kappa shape index (κ2) is 19.8. The third-order valence-corrected chi connectivity index (χ3v) is 15.4. The summed E-state index contributed by atoms with van der Waals surface area (Å²) in [7, 11) is -3.89. The first-order valence-corrected chi connectivity index (χ1v) is 31.9. The van der Waals surface area contributed by atoms with Crippen LogP contribution in [0.5, 0.6) is 5.75 Å². The van der Waals surface area contributed by atoms with Crippen molar-refractivity contribution in [2.75, 3.05) is 39.7 Å². The quantitative estimate of drug-likeness (QED) is 0.0484. The van der Waals surface area contributed by atoms with Gasteiger partial charge in [-0.1, -0.05) is 71.9 Å². The summed E-state index contributed by atoms with van der Waals surface area (Å²) in [6.45, 7) is 26.3. The summed E-state index contributed by atoms with van der Waals surface area (Å²) in [6, 6.07) is 12.2. The second-order valence-electron chi connectivity index (χ2n) is 19.1. The second-order valence-corrected chi connectivity index (χ2v) is 36.0. The summed E-state index contributed by atoms with van der Waals surface area (Å²) < 4.78 is 43.4. The molecular weight excluding hydrogens is 788 g/mol. The number of aliphatic hydroxyl groups is 1. The Morgan fingerprint density at radius 1 is 0.914 bits per heavy atom. The number of imidazole rings is 1. The van der Waals surface area contributed by atoms with E-state index in [1.54, 1.807) is 17.0 Å². The Morgan fingerprint density at radius 3 is 2.19 bits per heavy atom. The molecule has 5 rings (SSSR count). The molecule has 3 heterocycles. The number of carbonyl (C=O) groups excluding carboxylic acids is 1. The number of hydrogen-bond acceptors (Lipinski definition) is 8. The first kappa shape index (κ1) is 45.7. The van der Waals surface area contributed by atoms with Crippen LogP contribution >= 0.6 is 0 Å². The first-order valence-electron chi connectivity index (χ1n) is 20.8. The van der Waals surface area contributed by atoms with Gasteiger partial charge in [0.2, 0.25) is 0 Å². The van der Waals surface area contributed by atoms with Crippen LogP contribution in [0.3, 0.4) is 0 Å². The number of likely N-dealkylation sites (tertiary alicyclic amines) is 1. The number of halogens is 1. The molecule has 2 aromatic carbocycles. The summed E-state index contributed by atoms with van der Waals surface area (Å²) in [4.78, 5) is 19.6. The van der Waals surface area contributed by atoms with E-state index in [4.69, 9.17) is 29.0 Å². The average Bonchev–Trinajstić information content (AvgIpc) is 3.86. The molecule has 0 aliphatic carbocycles. The lowest BCUT2D eigenvalue weighted by atomic mass is 9.96. The fourth-order valence-corrected chi connectivity index (χ4v) is 8.80. The third kappa shape index (κ3) is 13.3. The van der Waals surface area contributed by atoms with Crippen LogP contribution in [0.4, 0.5) is 9.18 Å². The highest BCUT2D eigenvalue weighted by atomic mass is 28.3. The van der Waals surface area contributed by atoms with Crippen LogP contribution in [-0.4, -0.2) is 105 Å². The highest BCUT2D eigenvalue weighted by Gasteiger charge is 2.26. The number of carbonyl (C=O) groups is 1. The molecule has 12 nitrogen and oxygen atoms in total. The van der Waals surface area contributed by atoms with Gasteiger partial charge >= 0.3 is 6.03 Å². The number of urea groups is 1. The van der Waals surface area contributed by atoms with Crippen molar-refractivity contribution >= 4 is 41.2 Å². The van der Waals surface area contributed by atoms with E-state index in [1.807, 2.05) is 33.6 Å². The molecule has 320 valence electrons. The molecule has 1 unspecified atom stereocenters. The predicted molar refractivity (Wildman–Crippen MR) is 238 cm³/mol. The van der Waals surface area contributed by atoms with Crippen molar-refractivity contribution in [3.8, 4) is 28.4 Å². The van der Waals surface area contributed by atoms with Crippen molar-refractivity contribution in [3.05, 3.63) is 53.6 Å². The molecule has 1 aliphatic heterocycles. The summed E-state index contributed by atoms with van der Waals surface area (Å²) in [5.41, 5.74) is 4.74. The van der Waals surface area contributed by atoms with E-state index in [1.165, 1.54) is 0 Å². The van der Waals surface area contributed by atoms with E-state index < -0.39 is 36.1 Å². The van der Waals surface area contributed by atoms with Gasteiger partial charge in [-0.3, -0.25) is 0 Å². The van der Waals surface area contributed by atoms with Gasteiger partial charge in [-0.05, 0) is 71.9 Å². The van der Waals surface area contributed by atoms with Gasteiger partial charge in [0.1, 0.15) is 19.2 Å². The first-order chi connectivity index (χ1) is 27.3. The number of benzene rings is 2. The molecule has 0 saturated carbocycles. The van der Waals surface area contributed by atoms with Crippen LogP contribution in [0.1, 0.15) is 24.6 Å². The molecule has 0 spiro atoms. The standard InChI is InChI=1S/C42H67FN6O6Si3/c1-11-31-23-39(55-30-54-18-21-58(8,9)10)37(43)24-36(31)32-12-13-35-38(22-32)49(29-53-17-20-57(5,6)7)46-40(35)41-45-33(25-44-42(51)47-15-14-34(50)27-47)26-48(41)28-52-16-19-56(2,3)4/h12-13,22-24,26,34,50H,11,14-21,25,27-30H2,1-10H3,(H,44,51). The molecule has 1 atom stereocenters. The highest BCUT2D eigenvalue weighted by Crippen LogP contribution is 2.35. The molecule has 1 fully saturated rings. The van der Waals surface area contributed by atoms with Crippen molar-refractivity contribution < 1.29 is 33.2 Å². The van der Waals surface area contributed by atoms with Gasteiger partial charge < -0.3 is 38.8 Å². The van der Waals surface area contributed by atoms with Gasteiger partial charge in [0.25, 0.3) is 0 Å². The summed E-state index contributed by atoms with van der Waals surface area (Å²) in [6.07, 6.45) is 2.66. The number of aryl methyl sites for hydroxylation is 1. The van der Waals surface area contributed by atoms with Gasteiger partial charge in [0.05, 0.1) is 23.9 Å². The Balaban J connectivity index is 1.48. The minimum absolute atomic E-state index is 0.00526. The Labute approximate surface area is 347 Å². The van der Waals surface area contributed by atoms with Gasteiger partial charge in [-0.25, -0.2) is 18.9 Å². The lowest BCUT2D eigenvalue weighted by Gasteiger charge is -2.16. The molecule has 2 amide bonds. The number of aromatic nitrogens is 4. The van der Waals surface area contributed by atoms with Crippen LogP contribution in [-0.2, 0) is 40.6 Å². The molecule has 4 aromatic rings. The van der Waals surface area contributed by atoms with Crippen LogP contribution in [0.2, 0.25) is 77.1 Å². The summed E-state index contributed by atoms with van der Waals surface area (Å²) in [5, 5.41) is 18.9. The summed E-state index contributed by atoms with van der Waals surface area (Å²) in [5.74, 6) is 0.352. The number of rotatable bonds is 21. The molecule has 16 heteroatoms. The fourth-order valence-electron chi connectivity index (χ4n) is 6.53. The maximum Gasteiger partial charge on any atom is 0.317 e. The monoisotopic (exact) mass is 854 g/mol. The SMILES string of the molecule is CCc1cc(OCOCC[Si](C)(C)C)c(F)cc1-c1ccc2c(-c3nc(CNC(=O)N4CCC(O)C4)cn3COCC[Si](C)(C)C)nn(COCC[Si](C)(C)C)c2c1.